The quantitative estimate of drug-likeness (QED) is 0.710. The molecule has 2 fully saturated rings. The van der Waals surface area contributed by atoms with Crippen LogP contribution < -0.4 is 0 Å². The second-order valence-corrected chi connectivity index (χ2v) is 10.6. The van der Waals surface area contributed by atoms with Crippen molar-refractivity contribution in [3.05, 3.63) is 21.4 Å². The highest BCUT2D eigenvalue weighted by atomic mass is 32.2. The Morgan fingerprint density at radius 2 is 1.92 bits per heavy atom. The lowest BCUT2D eigenvalue weighted by Crippen LogP contribution is -2.44. The lowest BCUT2D eigenvalue weighted by atomic mass is 9.96. The molecule has 1 amide bonds. The smallest absolute Gasteiger partial charge is 0.339 e. The maximum atomic E-state index is 12.6. The summed E-state index contributed by atoms with van der Waals surface area (Å²) in [6.45, 7) is -0.309. The van der Waals surface area contributed by atoms with Gasteiger partial charge in [0.15, 0.2) is 16.4 Å². The van der Waals surface area contributed by atoms with E-state index in [2.05, 4.69) is 0 Å². The molecule has 0 N–H and O–H groups in total. The first-order chi connectivity index (χ1) is 12.4. The fraction of sp³-hybridized carbons (Fsp3) is 0.667. The number of carbonyl (C=O) groups is 2. The van der Waals surface area contributed by atoms with Crippen LogP contribution in [0, 0.1) is 0 Å². The van der Waals surface area contributed by atoms with Crippen molar-refractivity contribution in [3.63, 3.8) is 0 Å². The minimum atomic E-state index is -3.06. The maximum Gasteiger partial charge on any atom is 0.339 e. The van der Waals surface area contributed by atoms with Gasteiger partial charge in [-0.2, -0.15) is 0 Å². The standard InChI is InChI=1S/C18H23NO5S2/c20-17(19(12-5-6-12)13-7-8-26(22,23)11-13)9-24-18(21)15-10-25-16-4-2-1-3-14(15)16/h10,12-13H,1-9,11H2/t13-/m0/s1. The van der Waals surface area contributed by atoms with E-state index in [4.69, 9.17) is 4.74 Å². The number of amides is 1. The van der Waals surface area contributed by atoms with Gasteiger partial charge in [-0.25, -0.2) is 13.2 Å². The van der Waals surface area contributed by atoms with Gasteiger partial charge in [0.2, 0.25) is 0 Å². The first kappa shape index (κ1) is 18.0. The Hall–Kier alpha value is -1.41. The molecule has 0 bridgehead atoms. The van der Waals surface area contributed by atoms with Crippen molar-refractivity contribution in [2.24, 2.45) is 0 Å². The Labute approximate surface area is 157 Å². The van der Waals surface area contributed by atoms with E-state index in [0.717, 1.165) is 44.1 Å². The molecule has 2 heterocycles. The fourth-order valence-electron chi connectivity index (χ4n) is 4.00. The summed E-state index contributed by atoms with van der Waals surface area (Å²) in [6, 6.07) is -0.166. The van der Waals surface area contributed by atoms with Crippen LogP contribution in [0.3, 0.4) is 0 Å². The third-order valence-corrected chi connectivity index (χ3v) is 8.28. The molecule has 142 valence electrons. The van der Waals surface area contributed by atoms with Crippen molar-refractivity contribution < 1.29 is 22.7 Å². The van der Waals surface area contributed by atoms with Crippen molar-refractivity contribution in [1.29, 1.82) is 0 Å². The van der Waals surface area contributed by atoms with Gasteiger partial charge in [0.1, 0.15) is 0 Å². The third-order valence-electron chi connectivity index (χ3n) is 5.44. The molecule has 1 aromatic heterocycles. The summed E-state index contributed by atoms with van der Waals surface area (Å²) in [5.74, 6) is -0.546. The second kappa shape index (κ2) is 6.96. The van der Waals surface area contributed by atoms with Crippen LogP contribution in [0.2, 0.25) is 0 Å². The summed E-state index contributed by atoms with van der Waals surface area (Å²) >= 11 is 1.59. The van der Waals surface area contributed by atoms with Gasteiger partial charge in [-0.3, -0.25) is 4.79 Å². The summed E-state index contributed by atoms with van der Waals surface area (Å²) in [7, 11) is -3.06. The van der Waals surface area contributed by atoms with Crippen LogP contribution in [-0.4, -0.2) is 55.4 Å². The van der Waals surface area contributed by atoms with Gasteiger partial charge in [-0.1, -0.05) is 0 Å². The van der Waals surface area contributed by atoms with E-state index < -0.39 is 15.8 Å². The Kier molecular flexibility index (Phi) is 4.81. The number of thiophene rings is 1. The summed E-state index contributed by atoms with van der Waals surface area (Å²) < 4.78 is 28.8. The third kappa shape index (κ3) is 3.67. The van der Waals surface area contributed by atoms with Crippen molar-refractivity contribution in [2.45, 2.75) is 57.0 Å². The number of hydrogen-bond donors (Lipinski definition) is 0. The largest absolute Gasteiger partial charge is 0.452 e. The molecular weight excluding hydrogens is 374 g/mol. The van der Waals surface area contributed by atoms with Gasteiger partial charge in [0, 0.05) is 22.3 Å². The lowest BCUT2D eigenvalue weighted by Gasteiger charge is -2.28. The topological polar surface area (TPSA) is 80.8 Å². The number of hydrogen-bond acceptors (Lipinski definition) is 6. The van der Waals surface area contributed by atoms with Crippen molar-refractivity contribution in [2.75, 3.05) is 18.1 Å². The van der Waals surface area contributed by atoms with Crippen LogP contribution in [0.25, 0.3) is 0 Å². The number of fused-ring (bicyclic) bond motifs is 1. The molecule has 8 heteroatoms. The number of carbonyl (C=O) groups excluding carboxylic acids is 2. The predicted octanol–water partition coefficient (Wildman–Crippen LogP) is 1.96. The van der Waals surface area contributed by atoms with Crippen molar-refractivity contribution >= 4 is 33.1 Å². The zero-order valence-corrected chi connectivity index (χ0v) is 16.2. The van der Waals surface area contributed by atoms with E-state index in [9.17, 15) is 18.0 Å². The molecule has 1 saturated heterocycles. The molecule has 1 atom stereocenters. The average Bonchev–Trinajstić information content (AvgIpc) is 3.23. The molecule has 0 aromatic carbocycles. The first-order valence-corrected chi connectivity index (χ1v) is 11.9. The zero-order chi connectivity index (χ0) is 18.3. The maximum absolute atomic E-state index is 12.6. The summed E-state index contributed by atoms with van der Waals surface area (Å²) in [6.07, 6.45) is 6.41. The lowest BCUT2D eigenvalue weighted by molar-refractivity contribution is -0.137. The van der Waals surface area contributed by atoms with Crippen LogP contribution in [0.1, 0.15) is 52.9 Å². The van der Waals surface area contributed by atoms with Crippen LogP contribution in [-0.2, 0) is 32.2 Å². The first-order valence-electron chi connectivity index (χ1n) is 9.22. The number of aryl methyl sites for hydroxylation is 1. The van der Waals surface area contributed by atoms with Gasteiger partial charge in [-0.05, 0) is 50.5 Å². The second-order valence-electron chi connectivity index (χ2n) is 7.42. The molecule has 26 heavy (non-hydrogen) atoms. The average molecular weight is 398 g/mol. The minimum absolute atomic E-state index is 0.0290. The van der Waals surface area contributed by atoms with E-state index >= 15 is 0 Å². The summed E-state index contributed by atoms with van der Waals surface area (Å²) in [5.41, 5.74) is 1.68. The van der Waals surface area contributed by atoms with Gasteiger partial charge in [0.25, 0.3) is 5.91 Å². The fourth-order valence-corrected chi connectivity index (χ4v) is 6.82. The van der Waals surface area contributed by atoms with Crippen molar-refractivity contribution in [1.82, 2.24) is 4.90 Å². The Bertz CT molecular complexity index is 825. The van der Waals surface area contributed by atoms with Crippen LogP contribution in [0.4, 0.5) is 0 Å². The molecule has 0 unspecified atom stereocenters. The van der Waals surface area contributed by atoms with E-state index in [-0.39, 0.29) is 36.1 Å². The number of nitrogens with zero attached hydrogens (tertiary/aromatic N) is 1. The number of esters is 1. The molecule has 4 rings (SSSR count). The van der Waals surface area contributed by atoms with Gasteiger partial charge >= 0.3 is 5.97 Å². The highest BCUT2D eigenvalue weighted by Gasteiger charge is 2.42. The predicted molar refractivity (Wildman–Crippen MR) is 98.2 cm³/mol. The summed E-state index contributed by atoms with van der Waals surface area (Å²) in [5, 5.41) is 1.84. The number of rotatable bonds is 5. The highest BCUT2D eigenvalue weighted by molar-refractivity contribution is 7.91. The Morgan fingerprint density at radius 3 is 2.62 bits per heavy atom. The monoisotopic (exact) mass is 397 g/mol. The van der Waals surface area contributed by atoms with Gasteiger partial charge < -0.3 is 9.64 Å². The summed E-state index contributed by atoms with van der Waals surface area (Å²) in [4.78, 5) is 28.0. The SMILES string of the molecule is O=C(OCC(=O)N(C1CC1)[C@H]1CCS(=O)(=O)C1)c1csc2c1CCCC2. The molecule has 0 radical (unpaired) electrons. The zero-order valence-electron chi connectivity index (χ0n) is 14.6. The normalized spacial score (nSPS) is 24.1. The number of ether oxygens (including phenoxy) is 1. The van der Waals surface area contributed by atoms with Crippen LogP contribution >= 0.6 is 11.3 Å². The number of sulfone groups is 1. The molecule has 1 aromatic rings. The molecule has 6 nitrogen and oxygen atoms in total. The molecule has 2 aliphatic carbocycles. The Balaban J connectivity index is 1.39. The Morgan fingerprint density at radius 1 is 1.15 bits per heavy atom. The molecule has 1 aliphatic heterocycles. The van der Waals surface area contributed by atoms with E-state index in [0.29, 0.717) is 12.0 Å². The molecule has 3 aliphatic rings. The van der Waals surface area contributed by atoms with Crippen LogP contribution in [0.5, 0.6) is 0 Å². The van der Waals surface area contributed by atoms with Crippen molar-refractivity contribution in [3.8, 4) is 0 Å². The van der Waals surface area contributed by atoms with Crippen LogP contribution in [0.15, 0.2) is 5.38 Å². The molecule has 1 saturated carbocycles. The van der Waals surface area contributed by atoms with Gasteiger partial charge in [-0.15, -0.1) is 11.3 Å². The molecule has 0 spiro atoms. The van der Waals surface area contributed by atoms with E-state index in [1.165, 1.54) is 4.88 Å². The highest BCUT2D eigenvalue weighted by Crippen LogP contribution is 2.33. The minimum Gasteiger partial charge on any atom is -0.452 e. The van der Waals surface area contributed by atoms with E-state index in [1.54, 1.807) is 16.2 Å². The molecular formula is C18H23NO5S2. The van der Waals surface area contributed by atoms with Gasteiger partial charge in [0.05, 0.1) is 17.1 Å². The van der Waals surface area contributed by atoms with E-state index in [1.807, 2.05) is 5.38 Å².